The number of amides is 1. The van der Waals surface area contributed by atoms with Gasteiger partial charge >= 0.3 is 0 Å². The molecule has 0 spiro atoms. The van der Waals surface area contributed by atoms with E-state index >= 15 is 0 Å². The van der Waals surface area contributed by atoms with E-state index in [4.69, 9.17) is 4.98 Å². The van der Waals surface area contributed by atoms with Gasteiger partial charge in [-0.25, -0.2) is 4.98 Å². The number of non-ortho nitro benzene ring substituents is 1. The zero-order chi connectivity index (χ0) is 20.4. The molecule has 3 aromatic rings. The molecule has 1 amide bonds. The van der Waals surface area contributed by atoms with E-state index in [2.05, 4.69) is 16.3 Å². The summed E-state index contributed by atoms with van der Waals surface area (Å²) in [5.41, 5.74) is 2.31. The van der Waals surface area contributed by atoms with E-state index in [1.807, 2.05) is 18.2 Å². The van der Waals surface area contributed by atoms with Gasteiger partial charge in [0.05, 0.1) is 27.7 Å². The highest BCUT2D eigenvalue weighted by Gasteiger charge is 2.28. The number of benzene rings is 2. The van der Waals surface area contributed by atoms with E-state index in [1.165, 1.54) is 16.8 Å². The lowest BCUT2D eigenvalue weighted by Crippen LogP contribution is -2.39. The largest absolute Gasteiger partial charge is 0.325 e. The highest BCUT2D eigenvalue weighted by atomic mass is 32.1. The number of hydrogen-bond donors (Lipinski definition) is 1. The summed E-state index contributed by atoms with van der Waals surface area (Å²) in [4.78, 5) is 30.1. The average Bonchev–Trinajstić information content (AvgIpc) is 3.14. The summed E-state index contributed by atoms with van der Waals surface area (Å²) in [7, 11) is 0. The summed E-state index contributed by atoms with van der Waals surface area (Å²) in [6.45, 7) is 2.89. The number of nitrogens with zero attached hydrogens (tertiary/aromatic N) is 3. The van der Waals surface area contributed by atoms with Crippen LogP contribution in [0.25, 0.3) is 10.2 Å². The number of rotatable bonds is 5. The molecule has 1 unspecified atom stereocenters. The summed E-state index contributed by atoms with van der Waals surface area (Å²) >= 11 is 1.70. The first-order chi connectivity index (χ1) is 14.0. The van der Waals surface area contributed by atoms with Gasteiger partial charge in [0.25, 0.3) is 5.69 Å². The molecule has 1 aliphatic rings. The SMILES string of the molecule is Cc1cc([N+](=O)[O-])ccc1NC(=O)CN1CCCCC1c1nc2ccccc2s1. The van der Waals surface area contributed by atoms with Crippen LogP contribution in [0.5, 0.6) is 0 Å². The second kappa shape index (κ2) is 8.26. The van der Waals surface area contributed by atoms with Gasteiger partial charge in [-0.2, -0.15) is 0 Å². The molecule has 29 heavy (non-hydrogen) atoms. The standard InChI is InChI=1S/C21H22N4O3S/c1-14-12-15(25(27)28)9-10-16(14)22-20(26)13-24-11-5-4-7-18(24)21-23-17-6-2-3-8-19(17)29-21/h2-3,6,8-10,12,18H,4-5,7,11,13H2,1H3,(H,22,26). The maximum Gasteiger partial charge on any atom is 0.269 e. The van der Waals surface area contributed by atoms with Crippen LogP contribution in [0.15, 0.2) is 42.5 Å². The molecule has 8 heteroatoms. The number of nitrogens with one attached hydrogen (secondary N) is 1. The second-order valence-corrected chi connectivity index (χ2v) is 8.37. The number of aryl methyl sites for hydroxylation is 1. The van der Waals surface area contributed by atoms with Gasteiger partial charge in [0.1, 0.15) is 5.01 Å². The fraction of sp³-hybridized carbons (Fsp3) is 0.333. The van der Waals surface area contributed by atoms with Crippen LogP contribution in [0.2, 0.25) is 0 Å². The molecule has 2 aromatic carbocycles. The zero-order valence-corrected chi connectivity index (χ0v) is 16.9. The maximum atomic E-state index is 12.7. The van der Waals surface area contributed by atoms with E-state index in [0.29, 0.717) is 11.3 Å². The number of fused-ring (bicyclic) bond motifs is 1. The van der Waals surface area contributed by atoms with Crippen LogP contribution in [0.4, 0.5) is 11.4 Å². The Balaban J connectivity index is 1.48. The number of aromatic nitrogens is 1. The first-order valence-electron chi connectivity index (χ1n) is 9.65. The Kier molecular flexibility index (Phi) is 5.55. The summed E-state index contributed by atoms with van der Waals surface area (Å²) in [6.07, 6.45) is 3.18. The minimum atomic E-state index is -0.436. The fourth-order valence-electron chi connectivity index (χ4n) is 3.77. The smallest absolute Gasteiger partial charge is 0.269 e. The van der Waals surface area contributed by atoms with Gasteiger partial charge in [-0.15, -0.1) is 11.3 Å². The van der Waals surface area contributed by atoms with Crippen LogP contribution < -0.4 is 5.32 Å². The monoisotopic (exact) mass is 410 g/mol. The summed E-state index contributed by atoms with van der Waals surface area (Å²) < 4.78 is 1.17. The number of piperidine rings is 1. The van der Waals surface area contributed by atoms with Crippen LogP contribution in [-0.4, -0.2) is 33.8 Å². The lowest BCUT2D eigenvalue weighted by Gasteiger charge is -2.33. The number of nitro benzene ring substituents is 1. The van der Waals surface area contributed by atoms with E-state index in [-0.39, 0.29) is 24.2 Å². The summed E-state index contributed by atoms with van der Waals surface area (Å²) in [5, 5.41) is 14.9. The molecule has 1 saturated heterocycles. The molecule has 0 bridgehead atoms. The Morgan fingerprint density at radius 2 is 2.14 bits per heavy atom. The highest BCUT2D eigenvalue weighted by Crippen LogP contribution is 2.35. The molecule has 1 N–H and O–H groups in total. The van der Waals surface area contributed by atoms with E-state index in [9.17, 15) is 14.9 Å². The van der Waals surface area contributed by atoms with E-state index < -0.39 is 4.92 Å². The van der Waals surface area contributed by atoms with Crippen molar-refractivity contribution in [2.45, 2.75) is 32.2 Å². The van der Waals surface area contributed by atoms with Gasteiger partial charge in [0, 0.05) is 17.8 Å². The van der Waals surface area contributed by atoms with Gasteiger partial charge in [0.2, 0.25) is 5.91 Å². The number of hydrogen-bond acceptors (Lipinski definition) is 6. The van der Waals surface area contributed by atoms with Crippen molar-refractivity contribution in [1.82, 2.24) is 9.88 Å². The van der Waals surface area contributed by atoms with Gasteiger partial charge in [-0.1, -0.05) is 18.6 Å². The molecule has 0 radical (unpaired) electrons. The number of carbonyl (C=O) groups excluding carboxylic acids is 1. The molecule has 7 nitrogen and oxygen atoms in total. The average molecular weight is 410 g/mol. The van der Waals surface area contributed by atoms with Crippen molar-refractivity contribution in [3.8, 4) is 0 Å². The molecule has 1 aromatic heterocycles. The van der Waals surface area contributed by atoms with Crippen LogP contribution in [-0.2, 0) is 4.79 Å². The van der Waals surface area contributed by atoms with Gasteiger partial charge in [-0.3, -0.25) is 19.8 Å². The van der Waals surface area contributed by atoms with Crippen molar-refractivity contribution in [2.24, 2.45) is 0 Å². The third kappa shape index (κ3) is 4.28. The highest BCUT2D eigenvalue weighted by molar-refractivity contribution is 7.18. The molecule has 4 rings (SSSR count). The zero-order valence-electron chi connectivity index (χ0n) is 16.1. The van der Waals surface area contributed by atoms with Crippen molar-refractivity contribution in [3.63, 3.8) is 0 Å². The first-order valence-corrected chi connectivity index (χ1v) is 10.5. The minimum Gasteiger partial charge on any atom is -0.325 e. The van der Waals surface area contributed by atoms with Gasteiger partial charge in [-0.05, 0) is 50.1 Å². The molecule has 2 heterocycles. The Morgan fingerprint density at radius 3 is 2.90 bits per heavy atom. The number of likely N-dealkylation sites (tertiary alicyclic amines) is 1. The van der Waals surface area contributed by atoms with Crippen LogP contribution in [0.1, 0.15) is 35.9 Å². The number of thiazole rings is 1. The minimum absolute atomic E-state index is 0.0208. The lowest BCUT2D eigenvalue weighted by atomic mass is 10.0. The molecule has 0 aliphatic carbocycles. The normalized spacial score (nSPS) is 17.3. The van der Waals surface area contributed by atoms with E-state index in [0.717, 1.165) is 36.3 Å². The second-order valence-electron chi connectivity index (χ2n) is 7.31. The van der Waals surface area contributed by atoms with Gasteiger partial charge < -0.3 is 5.32 Å². The quantitative estimate of drug-likeness (QED) is 0.487. The van der Waals surface area contributed by atoms with Crippen molar-refractivity contribution in [1.29, 1.82) is 0 Å². The predicted molar refractivity (Wildman–Crippen MR) is 114 cm³/mol. The molecule has 1 fully saturated rings. The maximum absolute atomic E-state index is 12.7. The van der Waals surface area contributed by atoms with Crippen molar-refractivity contribution < 1.29 is 9.72 Å². The molecular weight excluding hydrogens is 388 g/mol. The molecule has 150 valence electrons. The Labute approximate surface area is 172 Å². The number of para-hydroxylation sites is 1. The lowest BCUT2D eigenvalue weighted by molar-refractivity contribution is -0.384. The molecule has 1 atom stereocenters. The van der Waals surface area contributed by atoms with Crippen LogP contribution >= 0.6 is 11.3 Å². The number of nitro groups is 1. The first kappa shape index (κ1) is 19.5. The Morgan fingerprint density at radius 1 is 1.31 bits per heavy atom. The van der Waals surface area contributed by atoms with Crippen LogP contribution in [0, 0.1) is 17.0 Å². The third-order valence-corrected chi connectivity index (χ3v) is 6.39. The molecule has 1 aliphatic heterocycles. The van der Waals surface area contributed by atoms with E-state index in [1.54, 1.807) is 24.3 Å². The number of carbonyl (C=O) groups is 1. The molecule has 0 saturated carbocycles. The number of anilines is 1. The van der Waals surface area contributed by atoms with Crippen molar-refractivity contribution in [2.75, 3.05) is 18.4 Å². The third-order valence-electron chi connectivity index (χ3n) is 5.25. The van der Waals surface area contributed by atoms with Gasteiger partial charge in [0.15, 0.2) is 0 Å². The summed E-state index contributed by atoms with van der Waals surface area (Å²) in [5.74, 6) is -0.116. The summed E-state index contributed by atoms with van der Waals surface area (Å²) in [6, 6.07) is 12.7. The molecular formula is C21H22N4O3S. The van der Waals surface area contributed by atoms with Crippen molar-refractivity contribution in [3.05, 3.63) is 63.1 Å². The Hall–Kier alpha value is -2.84. The Bertz CT molecular complexity index is 1030. The predicted octanol–water partition coefficient (Wildman–Crippen LogP) is 4.68. The fourth-order valence-corrected chi connectivity index (χ4v) is 4.91. The van der Waals surface area contributed by atoms with Crippen molar-refractivity contribution >= 4 is 38.8 Å². The topological polar surface area (TPSA) is 88.4 Å². The van der Waals surface area contributed by atoms with Crippen LogP contribution in [0.3, 0.4) is 0 Å².